The SMILES string of the molecule is NC(=O)C1C=C2CN=C(c3ccccc3Cl)c3cc(Cl)ccc3C2=NC1=O. The Morgan fingerprint density at radius 3 is 2.56 bits per heavy atom. The molecule has 2 heterocycles. The lowest BCUT2D eigenvalue weighted by atomic mass is 9.90. The lowest BCUT2D eigenvalue weighted by molar-refractivity contribution is -0.129. The molecule has 27 heavy (non-hydrogen) atoms. The highest BCUT2D eigenvalue weighted by molar-refractivity contribution is 6.37. The van der Waals surface area contributed by atoms with Crippen molar-refractivity contribution in [2.75, 3.05) is 6.54 Å². The maximum Gasteiger partial charge on any atom is 0.262 e. The highest BCUT2D eigenvalue weighted by Crippen LogP contribution is 2.30. The summed E-state index contributed by atoms with van der Waals surface area (Å²) in [5.74, 6) is -2.38. The summed E-state index contributed by atoms with van der Waals surface area (Å²) in [6, 6.07) is 12.6. The molecule has 0 fully saturated rings. The lowest BCUT2D eigenvalue weighted by Crippen LogP contribution is -2.32. The van der Waals surface area contributed by atoms with Gasteiger partial charge in [0.05, 0.1) is 18.0 Å². The van der Waals surface area contributed by atoms with Crippen LogP contribution in [0.15, 0.2) is 64.1 Å². The van der Waals surface area contributed by atoms with Gasteiger partial charge in [-0.3, -0.25) is 14.6 Å². The van der Waals surface area contributed by atoms with E-state index in [4.69, 9.17) is 33.9 Å². The van der Waals surface area contributed by atoms with E-state index in [9.17, 15) is 9.59 Å². The van der Waals surface area contributed by atoms with Crippen molar-refractivity contribution in [1.82, 2.24) is 0 Å². The Kier molecular flexibility index (Phi) is 4.42. The van der Waals surface area contributed by atoms with Gasteiger partial charge in [-0.25, -0.2) is 4.99 Å². The number of amides is 2. The second-order valence-electron chi connectivity index (χ2n) is 6.21. The van der Waals surface area contributed by atoms with E-state index in [1.54, 1.807) is 30.3 Å². The Hall–Kier alpha value is -2.76. The van der Waals surface area contributed by atoms with E-state index in [-0.39, 0.29) is 6.54 Å². The van der Waals surface area contributed by atoms with E-state index in [0.717, 1.165) is 11.1 Å². The fourth-order valence-corrected chi connectivity index (χ4v) is 3.62. The molecule has 2 aromatic rings. The third-order valence-electron chi connectivity index (χ3n) is 4.49. The summed E-state index contributed by atoms with van der Waals surface area (Å²) in [5, 5.41) is 1.08. The van der Waals surface area contributed by atoms with Crippen molar-refractivity contribution >= 4 is 46.4 Å². The van der Waals surface area contributed by atoms with Gasteiger partial charge in [-0.2, -0.15) is 0 Å². The summed E-state index contributed by atoms with van der Waals surface area (Å²) in [7, 11) is 0. The first-order chi connectivity index (χ1) is 13.0. The van der Waals surface area contributed by atoms with Crippen molar-refractivity contribution in [3.63, 3.8) is 0 Å². The minimum atomic E-state index is -1.07. The number of dihydropyridines is 1. The van der Waals surface area contributed by atoms with Crippen molar-refractivity contribution in [3.05, 3.63) is 80.8 Å². The van der Waals surface area contributed by atoms with Crippen LogP contribution in [0.5, 0.6) is 0 Å². The largest absolute Gasteiger partial charge is 0.369 e. The lowest BCUT2D eigenvalue weighted by Gasteiger charge is -2.17. The molecule has 1 atom stereocenters. The van der Waals surface area contributed by atoms with E-state index < -0.39 is 17.7 Å². The van der Waals surface area contributed by atoms with Crippen LogP contribution in [0.3, 0.4) is 0 Å². The molecule has 0 saturated heterocycles. The molecule has 7 heteroatoms. The molecule has 2 aliphatic heterocycles. The third-order valence-corrected chi connectivity index (χ3v) is 5.06. The minimum absolute atomic E-state index is 0.239. The first-order valence-corrected chi connectivity index (χ1v) is 8.94. The molecule has 0 radical (unpaired) electrons. The predicted octanol–water partition coefficient (Wildman–Crippen LogP) is 3.20. The van der Waals surface area contributed by atoms with Crippen LogP contribution < -0.4 is 5.73 Å². The number of fused-ring (bicyclic) bond motifs is 3. The Labute approximate surface area is 165 Å². The second kappa shape index (κ2) is 6.76. The van der Waals surface area contributed by atoms with Gasteiger partial charge >= 0.3 is 0 Å². The number of nitrogens with zero attached hydrogens (tertiary/aromatic N) is 2. The quantitative estimate of drug-likeness (QED) is 0.788. The highest BCUT2D eigenvalue weighted by atomic mass is 35.5. The number of carbonyl (C=O) groups is 2. The van der Waals surface area contributed by atoms with Crippen molar-refractivity contribution in [2.45, 2.75) is 0 Å². The molecule has 2 aliphatic rings. The molecule has 0 saturated carbocycles. The number of benzene rings is 2. The molecule has 134 valence electrons. The molecular weight excluding hydrogens is 385 g/mol. The highest BCUT2D eigenvalue weighted by Gasteiger charge is 2.32. The number of hydrogen-bond acceptors (Lipinski definition) is 3. The molecule has 5 nitrogen and oxygen atoms in total. The van der Waals surface area contributed by atoms with Gasteiger partial charge in [0.15, 0.2) is 0 Å². The predicted molar refractivity (Wildman–Crippen MR) is 106 cm³/mol. The molecule has 0 bridgehead atoms. The van der Waals surface area contributed by atoms with Crippen LogP contribution in [0.25, 0.3) is 0 Å². The molecule has 2 aromatic carbocycles. The van der Waals surface area contributed by atoms with Gasteiger partial charge in [-0.05, 0) is 23.8 Å². The standard InChI is InChI=1S/C20H13Cl2N3O2/c21-11-5-6-12-14(8-11)18(13-3-1-2-4-16(13)22)24-9-10-7-15(19(23)26)20(27)25-17(10)12/h1-8,15H,9H2,(H2,23,26). The second-order valence-corrected chi connectivity index (χ2v) is 7.05. The first-order valence-electron chi connectivity index (χ1n) is 8.18. The topological polar surface area (TPSA) is 84.9 Å². The van der Waals surface area contributed by atoms with Crippen molar-refractivity contribution in [1.29, 1.82) is 0 Å². The smallest absolute Gasteiger partial charge is 0.262 e. The monoisotopic (exact) mass is 397 g/mol. The molecule has 0 spiro atoms. The zero-order chi connectivity index (χ0) is 19.1. The van der Waals surface area contributed by atoms with Crippen LogP contribution >= 0.6 is 23.2 Å². The summed E-state index contributed by atoms with van der Waals surface area (Å²) in [6.45, 7) is 0.239. The van der Waals surface area contributed by atoms with Gasteiger partial charge in [0.25, 0.3) is 5.91 Å². The summed E-state index contributed by atoms with van der Waals surface area (Å²) in [4.78, 5) is 32.7. The maximum absolute atomic E-state index is 12.3. The number of primary amides is 1. The Morgan fingerprint density at radius 1 is 1.04 bits per heavy atom. The third kappa shape index (κ3) is 3.09. The fraction of sp³-hybridized carbons (Fsp3) is 0.100. The van der Waals surface area contributed by atoms with Crippen LogP contribution in [0.2, 0.25) is 10.0 Å². The van der Waals surface area contributed by atoms with Crippen molar-refractivity contribution in [3.8, 4) is 0 Å². The first kappa shape index (κ1) is 17.6. The molecule has 1 unspecified atom stereocenters. The van der Waals surface area contributed by atoms with Crippen LogP contribution in [0.4, 0.5) is 0 Å². The molecule has 0 aromatic heterocycles. The maximum atomic E-state index is 12.3. The van der Waals surface area contributed by atoms with Gasteiger partial charge in [0, 0.05) is 26.7 Å². The Bertz CT molecular complexity index is 1090. The summed E-state index contributed by atoms with van der Waals surface area (Å²) in [6.07, 6.45) is 1.55. The molecule has 2 N–H and O–H groups in total. The van der Waals surface area contributed by atoms with Gasteiger partial charge < -0.3 is 5.73 Å². The number of hydrogen-bond donors (Lipinski definition) is 1. The van der Waals surface area contributed by atoms with Gasteiger partial charge in [0.1, 0.15) is 5.92 Å². The summed E-state index contributed by atoms with van der Waals surface area (Å²) in [5.41, 5.74) is 9.31. The fourth-order valence-electron chi connectivity index (χ4n) is 3.22. The average molecular weight is 398 g/mol. The summed E-state index contributed by atoms with van der Waals surface area (Å²) >= 11 is 12.6. The molecule has 4 rings (SSSR count). The zero-order valence-electron chi connectivity index (χ0n) is 13.9. The molecular formula is C20H13Cl2N3O2. The molecule has 2 amide bonds. The van der Waals surface area contributed by atoms with Crippen LogP contribution in [-0.4, -0.2) is 29.8 Å². The number of aliphatic imine (C=N–C) groups is 2. The molecule has 0 aliphatic carbocycles. The van der Waals surface area contributed by atoms with Gasteiger partial charge in [-0.1, -0.05) is 53.5 Å². The average Bonchev–Trinajstić information content (AvgIpc) is 2.78. The van der Waals surface area contributed by atoms with Crippen LogP contribution in [-0.2, 0) is 9.59 Å². The Morgan fingerprint density at radius 2 is 1.81 bits per heavy atom. The number of rotatable bonds is 2. The van der Waals surface area contributed by atoms with Crippen molar-refractivity contribution < 1.29 is 9.59 Å². The normalized spacial score (nSPS) is 18.5. The van der Waals surface area contributed by atoms with Crippen LogP contribution in [0.1, 0.15) is 16.7 Å². The van der Waals surface area contributed by atoms with E-state index in [1.807, 2.05) is 18.2 Å². The Balaban J connectivity index is 1.96. The van der Waals surface area contributed by atoms with E-state index in [0.29, 0.717) is 32.6 Å². The number of halogens is 2. The van der Waals surface area contributed by atoms with Gasteiger partial charge in [0.2, 0.25) is 5.91 Å². The van der Waals surface area contributed by atoms with E-state index >= 15 is 0 Å². The van der Waals surface area contributed by atoms with Gasteiger partial charge in [-0.15, -0.1) is 0 Å². The van der Waals surface area contributed by atoms with Crippen LogP contribution in [0, 0.1) is 5.92 Å². The zero-order valence-corrected chi connectivity index (χ0v) is 15.5. The van der Waals surface area contributed by atoms with Crippen molar-refractivity contribution in [2.24, 2.45) is 21.6 Å². The summed E-state index contributed by atoms with van der Waals surface area (Å²) < 4.78 is 0. The van der Waals surface area contributed by atoms with E-state index in [2.05, 4.69) is 4.99 Å². The number of nitrogens with two attached hydrogens (primary N) is 1. The van der Waals surface area contributed by atoms with E-state index in [1.165, 1.54) is 0 Å². The minimum Gasteiger partial charge on any atom is -0.369 e. The number of carbonyl (C=O) groups excluding carboxylic acids is 2.